The van der Waals surface area contributed by atoms with Crippen LogP contribution in [0.2, 0.25) is 0 Å². The molecule has 0 aromatic rings. The Hall–Kier alpha value is -1.32. The Morgan fingerprint density at radius 2 is 1.21 bits per heavy atom. The third kappa shape index (κ3) is 12.1. The van der Waals surface area contributed by atoms with Gasteiger partial charge in [-0.1, -0.05) is 64.0 Å². The number of hydrogen-bond donors (Lipinski definition) is 0. The largest absolute Gasteiger partial charge is 0.468 e. The molecule has 0 aromatic heterocycles. The van der Waals surface area contributed by atoms with Crippen LogP contribution in [-0.2, 0) is 19.1 Å². The van der Waals surface area contributed by atoms with E-state index in [0.717, 1.165) is 32.1 Å². The van der Waals surface area contributed by atoms with E-state index in [1.807, 2.05) is 0 Å². The van der Waals surface area contributed by atoms with Crippen LogP contribution < -0.4 is 0 Å². The van der Waals surface area contributed by atoms with Crippen molar-refractivity contribution in [1.29, 1.82) is 0 Å². The van der Waals surface area contributed by atoms with Crippen LogP contribution in [0, 0.1) is 5.92 Å². The van der Waals surface area contributed by atoms with E-state index in [1.54, 1.807) is 0 Å². The lowest BCUT2D eigenvalue weighted by Gasteiger charge is -2.11. The highest BCUT2D eigenvalue weighted by atomic mass is 16.5. The lowest BCUT2D eigenvalue weighted by atomic mass is 10.0. The van der Waals surface area contributed by atoms with Crippen LogP contribution in [0.25, 0.3) is 0 Å². The average Bonchev–Trinajstić information content (AvgIpc) is 2.61. The first-order valence-electron chi connectivity index (χ1n) is 9.48. The zero-order valence-electron chi connectivity index (χ0n) is 15.9. The standard InChI is InChI=1S/C20H36O4/c1-4-5-6-7-8-9-10-11-12-13-14-15-16-17-18(19(21)23-2)20(22)24-3/h10-11,18H,4-9,12-17H2,1-3H3. The highest BCUT2D eigenvalue weighted by Gasteiger charge is 2.27. The number of ether oxygens (including phenoxy) is 2. The fourth-order valence-corrected chi connectivity index (χ4v) is 2.68. The Morgan fingerprint density at radius 3 is 1.67 bits per heavy atom. The predicted octanol–water partition coefficient (Wildman–Crippen LogP) is 5.21. The summed E-state index contributed by atoms with van der Waals surface area (Å²) in [5.41, 5.74) is 0. The Balaban J connectivity index is 3.58. The highest BCUT2D eigenvalue weighted by molar-refractivity contribution is 5.94. The molecular weight excluding hydrogens is 304 g/mol. The van der Waals surface area contributed by atoms with E-state index in [2.05, 4.69) is 28.5 Å². The minimum atomic E-state index is -0.771. The lowest BCUT2D eigenvalue weighted by molar-refractivity contribution is -0.159. The Labute approximate surface area is 148 Å². The van der Waals surface area contributed by atoms with Crippen molar-refractivity contribution in [1.82, 2.24) is 0 Å². The molecule has 0 fully saturated rings. The topological polar surface area (TPSA) is 52.6 Å². The summed E-state index contributed by atoms with van der Waals surface area (Å²) >= 11 is 0. The van der Waals surface area contributed by atoms with Crippen LogP contribution in [0.4, 0.5) is 0 Å². The van der Waals surface area contributed by atoms with Crippen molar-refractivity contribution in [3.05, 3.63) is 12.2 Å². The second-order valence-corrected chi connectivity index (χ2v) is 6.26. The van der Waals surface area contributed by atoms with Crippen molar-refractivity contribution in [2.45, 2.75) is 84.0 Å². The third-order valence-electron chi connectivity index (χ3n) is 4.23. The molecule has 0 amide bonds. The number of methoxy groups -OCH3 is 2. The molecule has 0 atom stereocenters. The van der Waals surface area contributed by atoms with E-state index in [9.17, 15) is 9.59 Å². The smallest absolute Gasteiger partial charge is 0.320 e. The molecule has 0 N–H and O–H groups in total. The molecule has 0 aliphatic carbocycles. The van der Waals surface area contributed by atoms with Gasteiger partial charge in [0.15, 0.2) is 5.92 Å². The molecule has 0 bridgehead atoms. The van der Waals surface area contributed by atoms with Gasteiger partial charge in [0.1, 0.15) is 0 Å². The molecular formula is C20H36O4. The van der Waals surface area contributed by atoms with Crippen LogP contribution in [0.3, 0.4) is 0 Å². The van der Waals surface area contributed by atoms with Crippen LogP contribution in [-0.4, -0.2) is 26.2 Å². The average molecular weight is 341 g/mol. The zero-order chi connectivity index (χ0) is 18.0. The van der Waals surface area contributed by atoms with Crippen LogP contribution in [0.15, 0.2) is 12.2 Å². The highest BCUT2D eigenvalue weighted by Crippen LogP contribution is 2.15. The van der Waals surface area contributed by atoms with Crippen molar-refractivity contribution in [3.63, 3.8) is 0 Å². The number of carbonyl (C=O) groups excluding carboxylic acids is 2. The van der Waals surface area contributed by atoms with Gasteiger partial charge in [-0.05, 0) is 32.1 Å². The van der Waals surface area contributed by atoms with Gasteiger partial charge in [-0.2, -0.15) is 0 Å². The third-order valence-corrected chi connectivity index (χ3v) is 4.23. The molecule has 0 heterocycles. The van der Waals surface area contributed by atoms with Gasteiger partial charge in [0.25, 0.3) is 0 Å². The van der Waals surface area contributed by atoms with Crippen LogP contribution >= 0.6 is 0 Å². The molecule has 140 valence electrons. The molecule has 0 saturated heterocycles. The number of carbonyl (C=O) groups is 2. The van der Waals surface area contributed by atoms with E-state index < -0.39 is 17.9 Å². The minimum Gasteiger partial charge on any atom is -0.468 e. The maximum atomic E-state index is 11.5. The fraction of sp³-hybridized carbons (Fsp3) is 0.800. The number of allylic oxidation sites excluding steroid dienone is 2. The lowest BCUT2D eigenvalue weighted by Crippen LogP contribution is -2.26. The number of hydrogen-bond acceptors (Lipinski definition) is 4. The van der Waals surface area contributed by atoms with E-state index in [0.29, 0.717) is 6.42 Å². The van der Waals surface area contributed by atoms with Gasteiger partial charge >= 0.3 is 11.9 Å². The predicted molar refractivity (Wildman–Crippen MR) is 97.7 cm³/mol. The van der Waals surface area contributed by atoms with Gasteiger partial charge in [0.2, 0.25) is 0 Å². The summed E-state index contributed by atoms with van der Waals surface area (Å²) in [5, 5.41) is 0. The minimum absolute atomic E-state index is 0.497. The molecule has 0 aromatic carbocycles. The molecule has 0 aliphatic rings. The monoisotopic (exact) mass is 340 g/mol. The Morgan fingerprint density at radius 1 is 0.750 bits per heavy atom. The number of rotatable bonds is 15. The molecule has 0 rings (SSSR count). The quantitative estimate of drug-likeness (QED) is 0.178. The zero-order valence-corrected chi connectivity index (χ0v) is 15.9. The first-order chi connectivity index (χ1) is 11.7. The molecule has 0 radical (unpaired) electrons. The molecule has 0 aliphatic heterocycles. The number of esters is 2. The van der Waals surface area contributed by atoms with Gasteiger partial charge < -0.3 is 9.47 Å². The van der Waals surface area contributed by atoms with Crippen molar-refractivity contribution >= 4 is 11.9 Å². The summed E-state index contributed by atoms with van der Waals surface area (Å²) in [6.45, 7) is 2.24. The summed E-state index contributed by atoms with van der Waals surface area (Å²) in [4.78, 5) is 23.1. The maximum absolute atomic E-state index is 11.5. The Kier molecular flexibility index (Phi) is 15.6. The molecule has 0 unspecified atom stereocenters. The summed E-state index contributed by atoms with van der Waals surface area (Å²) in [6, 6.07) is 0. The Bertz CT molecular complexity index is 334. The normalized spacial score (nSPS) is 11.2. The first-order valence-corrected chi connectivity index (χ1v) is 9.48. The maximum Gasteiger partial charge on any atom is 0.320 e. The van der Waals surface area contributed by atoms with Crippen molar-refractivity contribution in [2.75, 3.05) is 14.2 Å². The number of unbranched alkanes of at least 4 members (excludes halogenated alkanes) is 9. The van der Waals surface area contributed by atoms with Crippen LogP contribution in [0.5, 0.6) is 0 Å². The second kappa shape index (κ2) is 16.5. The van der Waals surface area contributed by atoms with E-state index in [1.165, 1.54) is 52.7 Å². The van der Waals surface area contributed by atoms with Crippen molar-refractivity contribution < 1.29 is 19.1 Å². The SMILES string of the molecule is CCCCCCCC=CCCCCCCC(C(=O)OC)C(=O)OC. The van der Waals surface area contributed by atoms with Crippen molar-refractivity contribution in [3.8, 4) is 0 Å². The van der Waals surface area contributed by atoms with E-state index in [-0.39, 0.29) is 0 Å². The summed E-state index contributed by atoms with van der Waals surface area (Å²) < 4.78 is 9.30. The van der Waals surface area contributed by atoms with E-state index in [4.69, 9.17) is 0 Å². The molecule has 0 saturated carbocycles. The van der Waals surface area contributed by atoms with Crippen molar-refractivity contribution in [2.24, 2.45) is 5.92 Å². The summed E-state index contributed by atoms with van der Waals surface area (Å²) in [6.07, 6.45) is 18.2. The second-order valence-electron chi connectivity index (χ2n) is 6.26. The van der Waals surface area contributed by atoms with Gasteiger partial charge in [0.05, 0.1) is 14.2 Å². The fourth-order valence-electron chi connectivity index (χ4n) is 2.68. The van der Waals surface area contributed by atoms with Crippen LogP contribution in [0.1, 0.15) is 84.0 Å². The molecule has 0 spiro atoms. The summed E-state index contributed by atoms with van der Waals surface area (Å²) in [7, 11) is 2.60. The summed E-state index contributed by atoms with van der Waals surface area (Å²) in [5.74, 6) is -1.76. The van der Waals surface area contributed by atoms with Gasteiger partial charge in [-0.25, -0.2) is 0 Å². The van der Waals surface area contributed by atoms with E-state index >= 15 is 0 Å². The molecule has 4 nitrogen and oxygen atoms in total. The van der Waals surface area contributed by atoms with Gasteiger partial charge in [-0.15, -0.1) is 0 Å². The molecule has 24 heavy (non-hydrogen) atoms. The van der Waals surface area contributed by atoms with Gasteiger partial charge in [-0.3, -0.25) is 9.59 Å². The first kappa shape index (κ1) is 22.7. The molecule has 4 heteroatoms. The van der Waals surface area contributed by atoms with Gasteiger partial charge in [0, 0.05) is 0 Å².